The lowest BCUT2D eigenvalue weighted by atomic mass is 10.3. The molecular weight excluding hydrogens is 288 g/mol. The summed E-state index contributed by atoms with van der Waals surface area (Å²) in [6.07, 6.45) is 0. The minimum Gasteiger partial charge on any atom is -0.326 e. The third kappa shape index (κ3) is 2.81. The predicted octanol–water partition coefficient (Wildman–Crippen LogP) is 2.06. The van der Waals surface area contributed by atoms with Gasteiger partial charge in [-0.05, 0) is 35.4 Å². The first-order valence-electron chi connectivity index (χ1n) is 5.33. The fourth-order valence-electron chi connectivity index (χ4n) is 1.54. The second-order valence-electron chi connectivity index (χ2n) is 3.76. The molecule has 0 radical (unpaired) electrons. The van der Waals surface area contributed by atoms with E-state index in [0.717, 1.165) is 10.4 Å². The molecule has 18 heavy (non-hydrogen) atoms. The summed E-state index contributed by atoms with van der Waals surface area (Å²) in [5.41, 5.74) is 6.63. The monoisotopic (exact) mass is 302 g/mol. The van der Waals surface area contributed by atoms with Crippen molar-refractivity contribution in [3.8, 4) is 0 Å². The fourth-order valence-corrected chi connectivity index (χ4v) is 4.81. The highest BCUT2D eigenvalue weighted by Crippen LogP contribution is 2.22. The fraction of sp³-hybridized carbons (Fsp3) is 0.273. The van der Waals surface area contributed by atoms with E-state index in [0.29, 0.717) is 16.3 Å². The number of sulfonamides is 1. The van der Waals surface area contributed by atoms with Gasteiger partial charge in [-0.1, -0.05) is 0 Å². The summed E-state index contributed by atoms with van der Waals surface area (Å²) >= 11 is 2.91. The average molecular weight is 302 g/mol. The van der Waals surface area contributed by atoms with E-state index in [4.69, 9.17) is 5.73 Å². The summed E-state index contributed by atoms with van der Waals surface area (Å²) in [7, 11) is -3.47. The first-order chi connectivity index (χ1) is 8.54. The van der Waals surface area contributed by atoms with Crippen LogP contribution in [0.3, 0.4) is 0 Å². The third-order valence-corrected chi connectivity index (χ3v) is 6.15. The molecule has 0 fully saturated rings. The molecular formula is C11H14N2O2S3. The van der Waals surface area contributed by atoms with Crippen molar-refractivity contribution in [2.45, 2.75) is 24.9 Å². The number of nitrogens with one attached hydrogen (secondary N) is 1. The standard InChI is InChI=1S/C11H14N2O2S3/c1-8-2-4-17-10(8)7-13-18(14,15)11-3-5-16-9(11)6-12/h2-5,13H,6-7,12H2,1H3. The highest BCUT2D eigenvalue weighted by atomic mass is 32.2. The Morgan fingerprint density at radius 2 is 1.89 bits per heavy atom. The van der Waals surface area contributed by atoms with Crippen molar-refractivity contribution in [3.63, 3.8) is 0 Å². The molecule has 0 saturated carbocycles. The van der Waals surface area contributed by atoms with E-state index in [-0.39, 0.29) is 6.54 Å². The van der Waals surface area contributed by atoms with Crippen LogP contribution in [0.25, 0.3) is 0 Å². The molecule has 2 aromatic heterocycles. The molecule has 2 heterocycles. The van der Waals surface area contributed by atoms with E-state index in [2.05, 4.69) is 4.72 Å². The quantitative estimate of drug-likeness (QED) is 0.888. The molecule has 0 unspecified atom stereocenters. The Hall–Kier alpha value is -0.730. The lowest BCUT2D eigenvalue weighted by molar-refractivity contribution is 0.581. The molecule has 0 aliphatic rings. The first-order valence-corrected chi connectivity index (χ1v) is 8.58. The lowest BCUT2D eigenvalue weighted by Crippen LogP contribution is -2.23. The number of nitrogens with two attached hydrogens (primary N) is 1. The van der Waals surface area contributed by atoms with E-state index in [1.165, 1.54) is 11.3 Å². The number of thiophene rings is 2. The van der Waals surface area contributed by atoms with Gasteiger partial charge in [0.25, 0.3) is 0 Å². The Labute approximate surface area is 115 Å². The molecule has 2 rings (SSSR count). The molecule has 2 aromatic rings. The van der Waals surface area contributed by atoms with E-state index in [9.17, 15) is 8.42 Å². The highest BCUT2D eigenvalue weighted by Gasteiger charge is 2.19. The molecule has 7 heteroatoms. The van der Waals surface area contributed by atoms with Crippen molar-refractivity contribution < 1.29 is 8.42 Å². The molecule has 0 aromatic carbocycles. The second-order valence-corrected chi connectivity index (χ2v) is 7.50. The van der Waals surface area contributed by atoms with Gasteiger partial charge in [0.05, 0.1) is 4.90 Å². The maximum atomic E-state index is 12.1. The van der Waals surface area contributed by atoms with Crippen LogP contribution in [0.5, 0.6) is 0 Å². The van der Waals surface area contributed by atoms with Gasteiger partial charge in [0.2, 0.25) is 10.0 Å². The van der Waals surface area contributed by atoms with E-state index in [1.54, 1.807) is 22.8 Å². The minimum absolute atomic E-state index is 0.242. The molecule has 0 spiro atoms. The SMILES string of the molecule is Cc1ccsc1CNS(=O)(=O)c1ccsc1CN. The molecule has 4 nitrogen and oxygen atoms in total. The van der Waals surface area contributed by atoms with Gasteiger partial charge >= 0.3 is 0 Å². The Bertz CT molecular complexity index is 628. The number of rotatable bonds is 5. The molecule has 98 valence electrons. The summed E-state index contributed by atoms with van der Waals surface area (Å²) in [5, 5.41) is 3.70. The Morgan fingerprint density at radius 3 is 2.50 bits per heavy atom. The molecule has 3 N–H and O–H groups in total. The van der Waals surface area contributed by atoms with Crippen LogP contribution in [0.1, 0.15) is 15.3 Å². The van der Waals surface area contributed by atoms with Crippen molar-refractivity contribution >= 4 is 32.7 Å². The highest BCUT2D eigenvalue weighted by molar-refractivity contribution is 7.89. The summed E-state index contributed by atoms with van der Waals surface area (Å²) in [6, 6.07) is 3.57. The summed E-state index contributed by atoms with van der Waals surface area (Å²) in [6.45, 7) is 2.54. The number of aryl methyl sites for hydroxylation is 1. The van der Waals surface area contributed by atoms with Gasteiger partial charge in [0.15, 0.2) is 0 Å². The molecule has 0 aliphatic heterocycles. The van der Waals surface area contributed by atoms with Crippen molar-refractivity contribution in [1.29, 1.82) is 0 Å². The van der Waals surface area contributed by atoms with Crippen molar-refractivity contribution in [1.82, 2.24) is 4.72 Å². The Kier molecular flexibility index (Phi) is 4.18. The van der Waals surface area contributed by atoms with Gasteiger partial charge in [-0.25, -0.2) is 13.1 Å². The molecule has 0 atom stereocenters. The van der Waals surface area contributed by atoms with Crippen LogP contribution >= 0.6 is 22.7 Å². The van der Waals surface area contributed by atoms with Gasteiger partial charge in [0, 0.05) is 22.8 Å². The van der Waals surface area contributed by atoms with Gasteiger partial charge in [-0.3, -0.25) is 0 Å². The van der Waals surface area contributed by atoms with Crippen LogP contribution in [0.2, 0.25) is 0 Å². The number of hydrogen-bond donors (Lipinski definition) is 2. The van der Waals surface area contributed by atoms with Crippen LogP contribution in [-0.4, -0.2) is 8.42 Å². The van der Waals surface area contributed by atoms with Crippen LogP contribution < -0.4 is 10.5 Å². The Morgan fingerprint density at radius 1 is 1.22 bits per heavy atom. The minimum atomic E-state index is -3.47. The second kappa shape index (κ2) is 5.50. The van der Waals surface area contributed by atoms with Crippen LogP contribution in [0, 0.1) is 6.92 Å². The van der Waals surface area contributed by atoms with Crippen molar-refractivity contribution in [2.24, 2.45) is 5.73 Å². The maximum Gasteiger partial charge on any atom is 0.242 e. The van der Waals surface area contributed by atoms with Crippen molar-refractivity contribution in [3.05, 3.63) is 38.2 Å². The van der Waals surface area contributed by atoms with Gasteiger partial charge < -0.3 is 5.73 Å². The maximum absolute atomic E-state index is 12.1. The molecule has 0 amide bonds. The van der Waals surface area contributed by atoms with E-state index >= 15 is 0 Å². The van der Waals surface area contributed by atoms with E-state index in [1.807, 2.05) is 18.4 Å². The van der Waals surface area contributed by atoms with Crippen molar-refractivity contribution in [2.75, 3.05) is 0 Å². The van der Waals surface area contributed by atoms with Gasteiger partial charge in [-0.2, -0.15) is 0 Å². The third-order valence-electron chi connectivity index (χ3n) is 2.57. The first kappa shape index (κ1) is 13.7. The molecule has 0 aliphatic carbocycles. The zero-order valence-electron chi connectivity index (χ0n) is 9.84. The normalized spacial score (nSPS) is 11.9. The Balaban J connectivity index is 2.16. The van der Waals surface area contributed by atoms with Crippen LogP contribution in [0.15, 0.2) is 27.8 Å². The van der Waals surface area contributed by atoms with E-state index < -0.39 is 10.0 Å². The topological polar surface area (TPSA) is 72.2 Å². The number of hydrogen-bond acceptors (Lipinski definition) is 5. The average Bonchev–Trinajstić information content (AvgIpc) is 2.95. The van der Waals surface area contributed by atoms with Crippen LogP contribution in [-0.2, 0) is 23.1 Å². The van der Waals surface area contributed by atoms with Gasteiger partial charge in [0.1, 0.15) is 0 Å². The summed E-state index contributed by atoms with van der Waals surface area (Å²) in [4.78, 5) is 2.01. The molecule has 0 bridgehead atoms. The van der Waals surface area contributed by atoms with Crippen LogP contribution in [0.4, 0.5) is 0 Å². The zero-order chi connectivity index (χ0) is 13.2. The largest absolute Gasteiger partial charge is 0.326 e. The molecule has 0 saturated heterocycles. The smallest absolute Gasteiger partial charge is 0.242 e. The van der Waals surface area contributed by atoms with Gasteiger partial charge in [-0.15, -0.1) is 22.7 Å². The summed E-state index contributed by atoms with van der Waals surface area (Å²) in [5.74, 6) is 0. The zero-order valence-corrected chi connectivity index (χ0v) is 12.3. The predicted molar refractivity (Wildman–Crippen MR) is 75.3 cm³/mol. The lowest BCUT2D eigenvalue weighted by Gasteiger charge is -2.06. The summed E-state index contributed by atoms with van der Waals surface area (Å²) < 4.78 is 26.9.